The highest BCUT2D eigenvalue weighted by atomic mass is 15.3. The minimum absolute atomic E-state index is 0.844. The van der Waals surface area contributed by atoms with Crippen molar-refractivity contribution >= 4 is 0 Å². The minimum atomic E-state index is 0.844. The third-order valence-corrected chi connectivity index (χ3v) is 4.33. The number of nitrogens with one attached hydrogen (secondary N) is 1. The molecule has 2 rings (SSSR count). The van der Waals surface area contributed by atoms with Crippen LogP contribution in [0.25, 0.3) is 0 Å². The first-order chi connectivity index (χ1) is 8.75. The van der Waals surface area contributed by atoms with Gasteiger partial charge in [-0.3, -0.25) is 9.80 Å². The molecule has 2 fully saturated rings. The lowest BCUT2D eigenvalue weighted by molar-refractivity contribution is 0.0865. The Bertz CT molecular complexity index is 216. The van der Waals surface area contributed by atoms with Crippen molar-refractivity contribution in [2.75, 3.05) is 66.5 Å². The summed E-state index contributed by atoms with van der Waals surface area (Å²) in [5.74, 6) is 0. The Labute approximate surface area is 112 Å². The molecule has 106 valence electrons. The molecule has 0 saturated carbocycles. The Balaban J connectivity index is 1.68. The first-order valence-corrected chi connectivity index (χ1v) is 7.57. The molecule has 0 amide bonds. The zero-order valence-corrected chi connectivity index (χ0v) is 12.2. The lowest BCUT2D eigenvalue weighted by Crippen LogP contribution is -2.51. The summed E-state index contributed by atoms with van der Waals surface area (Å²) in [4.78, 5) is 7.63. The van der Waals surface area contributed by atoms with Gasteiger partial charge in [0.25, 0.3) is 0 Å². The summed E-state index contributed by atoms with van der Waals surface area (Å²) in [6.45, 7) is 9.93. The molecule has 0 spiro atoms. The maximum atomic E-state index is 3.52. The monoisotopic (exact) mass is 254 g/mol. The summed E-state index contributed by atoms with van der Waals surface area (Å²) in [6, 6.07) is 0.844. The van der Waals surface area contributed by atoms with Crippen LogP contribution in [0.15, 0.2) is 0 Å². The molecule has 1 atom stereocenters. The zero-order chi connectivity index (χ0) is 12.8. The Morgan fingerprint density at radius 3 is 2.56 bits per heavy atom. The molecule has 2 aliphatic heterocycles. The van der Waals surface area contributed by atoms with Gasteiger partial charge >= 0.3 is 0 Å². The van der Waals surface area contributed by atoms with E-state index in [2.05, 4.69) is 34.1 Å². The predicted molar refractivity (Wildman–Crippen MR) is 77.1 cm³/mol. The summed E-state index contributed by atoms with van der Waals surface area (Å²) < 4.78 is 0. The molecule has 1 unspecified atom stereocenters. The first kappa shape index (κ1) is 14.3. The van der Waals surface area contributed by atoms with Crippen LogP contribution in [0.2, 0.25) is 0 Å². The van der Waals surface area contributed by atoms with Crippen molar-refractivity contribution < 1.29 is 0 Å². The molecule has 4 heteroatoms. The number of likely N-dealkylation sites (N-methyl/N-ethyl adjacent to an activating group) is 1. The van der Waals surface area contributed by atoms with E-state index in [9.17, 15) is 0 Å². The Morgan fingerprint density at radius 2 is 1.83 bits per heavy atom. The lowest BCUT2D eigenvalue weighted by atomic mass is 10.1. The normalized spacial score (nSPS) is 28.5. The molecule has 2 saturated heterocycles. The fraction of sp³-hybridized carbons (Fsp3) is 1.00. The standard InChI is InChI=1S/C14H30N4/c1-16(2)8-9-17-10-12-18(13-11-17)14-4-3-6-15-7-5-14/h14-15H,3-13H2,1-2H3. The molecule has 0 aliphatic carbocycles. The molecule has 0 aromatic heterocycles. The highest BCUT2D eigenvalue weighted by Crippen LogP contribution is 2.15. The molecule has 0 bridgehead atoms. The van der Waals surface area contributed by atoms with Crippen molar-refractivity contribution in [2.24, 2.45) is 0 Å². The second-order valence-corrected chi connectivity index (χ2v) is 6.02. The van der Waals surface area contributed by atoms with E-state index in [0.29, 0.717) is 0 Å². The van der Waals surface area contributed by atoms with Gasteiger partial charge in [0.05, 0.1) is 0 Å². The highest BCUT2D eigenvalue weighted by Gasteiger charge is 2.24. The molecule has 0 aromatic rings. The van der Waals surface area contributed by atoms with Crippen LogP contribution in [0, 0.1) is 0 Å². The van der Waals surface area contributed by atoms with Crippen molar-refractivity contribution in [3.63, 3.8) is 0 Å². The SMILES string of the molecule is CN(C)CCN1CCN(C2CCCNCC2)CC1. The minimum Gasteiger partial charge on any atom is -0.317 e. The third-order valence-electron chi connectivity index (χ3n) is 4.33. The van der Waals surface area contributed by atoms with Gasteiger partial charge in [0.15, 0.2) is 0 Å². The van der Waals surface area contributed by atoms with Crippen LogP contribution >= 0.6 is 0 Å². The second-order valence-electron chi connectivity index (χ2n) is 6.02. The van der Waals surface area contributed by atoms with E-state index in [4.69, 9.17) is 0 Å². The van der Waals surface area contributed by atoms with Crippen molar-refractivity contribution in [1.29, 1.82) is 0 Å². The number of nitrogens with zero attached hydrogens (tertiary/aromatic N) is 3. The highest BCUT2D eigenvalue weighted by molar-refractivity contribution is 4.81. The molecule has 1 N–H and O–H groups in total. The summed E-state index contributed by atoms with van der Waals surface area (Å²) >= 11 is 0. The molecule has 0 aromatic carbocycles. The van der Waals surface area contributed by atoms with E-state index >= 15 is 0 Å². The Morgan fingerprint density at radius 1 is 1.06 bits per heavy atom. The summed E-state index contributed by atoms with van der Waals surface area (Å²) in [5, 5.41) is 3.52. The molecule has 2 aliphatic rings. The van der Waals surface area contributed by atoms with Gasteiger partial charge in [-0.2, -0.15) is 0 Å². The van der Waals surface area contributed by atoms with Gasteiger partial charge in [-0.05, 0) is 46.4 Å². The second kappa shape index (κ2) is 7.43. The summed E-state index contributed by atoms with van der Waals surface area (Å²) in [5.41, 5.74) is 0. The Kier molecular flexibility index (Phi) is 5.89. The van der Waals surface area contributed by atoms with Crippen molar-refractivity contribution in [1.82, 2.24) is 20.0 Å². The van der Waals surface area contributed by atoms with Crippen LogP contribution in [0.5, 0.6) is 0 Å². The van der Waals surface area contributed by atoms with Crippen LogP contribution in [0.1, 0.15) is 19.3 Å². The van der Waals surface area contributed by atoms with E-state index in [0.717, 1.165) is 6.04 Å². The number of hydrogen-bond donors (Lipinski definition) is 1. The zero-order valence-electron chi connectivity index (χ0n) is 12.2. The van der Waals surface area contributed by atoms with Gasteiger partial charge in [0.1, 0.15) is 0 Å². The fourth-order valence-corrected chi connectivity index (χ4v) is 3.06. The molecule has 18 heavy (non-hydrogen) atoms. The van der Waals surface area contributed by atoms with Gasteiger partial charge in [-0.25, -0.2) is 0 Å². The smallest absolute Gasteiger partial charge is 0.0113 e. The fourth-order valence-electron chi connectivity index (χ4n) is 3.06. The van der Waals surface area contributed by atoms with Crippen molar-refractivity contribution in [3.05, 3.63) is 0 Å². The lowest BCUT2D eigenvalue weighted by Gasteiger charge is -2.39. The van der Waals surface area contributed by atoms with E-state index in [1.165, 1.54) is 71.6 Å². The van der Waals surface area contributed by atoms with E-state index < -0.39 is 0 Å². The third kappa shape index (κ3) is 4.50. The van der Waals surface area contributed by atoms with Crippen LogP contribution in [-0.4, -0.2) is 87.2 Å². The maximum Gasteiger partial charge on any atom is 0.0113 e. The predicted octanol–water partition coefficient (Wildman–Crippen LogP) is 0.308. The van der Waals surface area contributed by atoms with E-state index in [1.54, 1.807) is 0 Å². The summed E-state index contributed by atoms with van der Waals surface area (Å²) in [7, 11) is 4.32. The first-order valence-electron chi connectivity index (χ1n) is 7.57. The number of hydrogen-bond acceptors (Lipinski definition) is 4. The number of rotatable bonds is 4. The van der Waals surface area contributed by atoms with Crippen molar-refractivity contribution in [2.45, 2.75) is 25.3 Å². The topological polar surface area (TPSA) is 21.8 Å². The largest absolute Gasteiger partial charge is 0.317 e. The molecular formula is C14H30N4. The van der Waals surface area contributed by atoms with Gasteiger partial charge in [0.2, 0.25) is 0 Å². The molecular weight excluding hydrogens is 224 g/mol. The quantitative estimate of drug-likeness (QED) is 0.779. The van der Waals surface area contributed by atoms with Gasteiger partial charge in [-0.1, -0.05) is 0 Å². The van der Waals surface area contributed by atoms with Gasteiger partial charge in [-0.15, -0.1) is 0 Å². The maximum absolute atomic E-state index is 3.52. The van der Waals surface area contributed by atoms with E-state index in [-0.39, 0.29) is 0 Å². The van der Waals surface area contributed by atoms with E-state index in [1.807, 2.05) is 0 Å². The van der Waals surface area contributed by atoms with Crippen LogP contribution in [0.3, 0.4) is 0 Å². The molecule has 4 nitrogen and oxygen atoms in total. The Hall–Kier alpha value is -0.160. The number of piperazine rings is 1. The van der Waals surface area contributed by atoms with Gasteiger partial charge < -0.3 is 10.2 Å². The average Bonchev–Trinajstić information content (AvgIpc) is 2.66. The van der Waals surface area contributed by atoms with Crippen LogP contribution < -0.4 is 5.32 Å². The van der Waals surface area contributed by atoms with Gasteiger partial charge in [0, 0.05) is 45.3 Å². The summed E-state index contributed by atoms with van der Waals surface area (Å²) in [6.07, 6.45) is 4.09. The molecule has 2 heterocycles. The average molecular weight is 254 g/mol. The van der Waals surface area contributed by atoms with Crippen LogP contribution in [0.4, 0.5) is 0 Å². The molecule has 0 radical (unpaired) electrons. The van der Waals surface area contributed by atoms with Crippen molar-refractivity contribution in [3.8, 4) is 0 Å². The van der Waals surface area contributed by atoms with Crippen LogP contribution in [-0.2, 0) is 0 Å².